The number of hydrogen-bond acceptors (Lipinski definition) is 9. The maximum Gasteiger partial charge on any atom is 0.345 e. The van der Waals surface area contributed by atoms with Crippen LogP contribution in [-0.4, -0.2) is 69.6 Å². The SMILES string of the molecule is O=C(NC(CCCCCNC1NCCN1)(NS(=O)(=O)c1ccccc1)C(=O)O)C1CCNO1. The molecule has 2 unspecified atom stereocenters. The molecule has 13 heteroatoms. The number of rotatable bonds is 13. The maximum atomic E-state index is 12.9. The lowest BCUT2D eigenvalue weighted by atomic mass is 10.0. The van der Waals surface area contributed by atoms with Crippen molar-refractivity contribution in [2.75, 3.05) is 26.2 Å². The van der Waals surface area contributed by atoms with E-state index in [0.29, 0.717) is 32.4 Å². The molecule has 2 aliphatic heterocycles. The van der Waals surface area contributed by atoms with Crippen LogP contribution >= 0.6 is 0 Å². The number of amides is 1. The molecule has 1 aromatic carbocycles. The second kappa shape index (κ2) is 11.8. The molecule has 2 aliphatic rings. The van der Waals surface area contributed by atoms with Crippen molar-refractivity contribution < 1.29 is 28.0 Å². The molecule has 2 saturated heterocycles. The molecule has 0 aliphatic carbocycles. The summed E-state index contributed by atoms with van der Waals surface area (Å²) in [5.74, 6) is -2.18. The van der Waals surface area contributed by atoms with E-state index in [4.69, 9.17) is 4.84 Å². The highest BCUT2D eigenvalue weighted by atomic mass is 32.2. The van der Waals surface area contributed by atoms with Gasteiger partial charge in [0.15, 0.2) is 6.10 Å². The summed E-state index contributed by atoms with van der Waals surface area (Å²) < 4.78 is 28.1. The van der Waals surface area contributed by atoms with Crippen molar-refractivity contribution in [3.8, 4) is 0 Å². The molecule has 12 nitrogen and oxygen atoms in total. The molecule has 0 radical (unpaired) electrons. The van der Waals surface area contributed by atoms with Crippen LogP contribution in [-0.2, 0) is 24.4 Å². The molecule has 33 heavy (non-hydrogen) atoms. The first-order chi connectivity index (χ1) is 15.8. The number of aliphatic carboxylic acids is 1. The normalized spacial score (nSPS) is 21.0. The predicted molar refractivity (Wildman–Crippen MR) is 119 cm³/mol. The van der Waals surface area contributed by atoms with Crippen molar-refractivity contribution in [1.29, 1.82) is 0 Å². The van der Waals surface area contributed by atoms with Gasteiger partial charge >= 0.3 is 5.97 Å². The van der Waals surface area contributed by atoms with Gasteiger partial charge in [0.2, 0.25) is 15.7 Å². The first-order valence-electron chi connectivity index (χ1n) is 11.1. The quantitative estimate of drug-likeness (QED) is 0.133. The van der Waals surface area contributed by atoms with Gasteiger partial charge in [-0.2, -0.15) is 4.72 Å². The van der Waals surface area contributed by atoms with Crippen LogP contribution in [0.4, 0.5) is 0 Å². The fourth-order valence-corrected chi connectivity index (χ4v) is 5.04. The van der Waals surface area contributed by atoms with Gasteiger partial charge in [0, 0.05) is 19.6 Å². The van der Waals surface area contributed by atoms with Crippen molar-refractivity contribution in [3.05, 3.63) is 30.3 Å². The summed E-state index contributed by atoms with van der Waals surface area (Å²) in [4.78, 5) is 30.0. The van der Waals surface area contributed by atoms with Crippen LogP contribution in [0.5, 0.6) is 0 Å². The highest BCUT2D eigenvalue weighted by Crippen LogP contribution is 2.19. The van der Waals surface area contributed by atoms with Gasteiger partial charge in [0.1, 0.15) is 6.29 Å². The maximum absolute atomic E-state index is 12.9. The van der Waals surface area contributed by atoms with Crippen molar-refractivity contribution >= 4 is 21.9 Å². The smallest absolute Gasteiger partial charge is 0.345 e. The van der Waals surface area contributed by atoms with E-state index >= 15 is 0 Å². The van der Waals surface area contributed by atoms with Gasteiger partial charge in [-0.05, 0) is 44.4 Å². The first-order valence-corrected chi connectivity index (χ1v) is 12.5. The Morgan fingerprint density at radius 3 is 2.45 bits per heavy atom. The topological polar surface area (TPSA) is 170 Å². The Morgan fingerprint density at radius 2 is 1.82 bits per heavy atom. The summed E-state index contributed by atoms with van der Waals surface area (Å²) in [5, 5.41) is 22.2. The Balaban J connectivity index is 1.67. The van der Waals surface area contributed by atoms with Crippen molar-refractivity contribution in [1.82, 2.24) is 31.5 Å². The van der Waals surface area contributed by atoms with Crippen molar-refractivity contribution in [3.63, 3.8) is 0 Å². The van der Waals surface area contributed by atoms with Crippen molar-refractivity contribution in [2.45, 2.75) is 55.1 Å². The van der Waals surface area contributed by atoms with E-state index in [2.05, 4.69) is 31.5 Å². The Morgan fingerprint density at radius 1 is 1.09 bits per heavy atom. The monoisotopic (exact) mass is 484 g/mol. The average molecular weight is 485 g/mol. The molecular formula is C20H32N6O6S. The van der Waals surface area contributed by atoms with Gasteiger partial charge in [-0.15, -0.1) is 0 Å². The Hall–Kier alpha value is -2.13. The van der Waals surface area contributed by atoms with Gasteiger partial charge in [0.25, 0.3) is 5.91 Å². The minimum absolute atomic E-state index is 0.0556. The first kappa shape index (κ1) is 25.5. The van der Waals surface area contributed by atoms with Gasteiger partial charge in [0.05, 0.1) is 4.90 Å². The molecule has 0 spiro atoms. The molecule has 2 atom stereocenters. The van der Waals surface area contributed by atoms with E-state index in [9.17, 15) is 23.1 Å². The molecule has 2 fully saturated rings. The molecule has 0 aromatic heterocycles. The number of sulfonamides is 1. The number of unbranched alkanes of at least 4 members (excludes halogenated alkanes) is 2. The fourth-order valence-electron chi connectivity index (χ4n) is 3.70. The summed E-state index contributed by atoms with van der Waals surface area (Å²) >= 11 is 0. The second-order valence-electron chi connectivity index (χ2n) is 8.01. The summed E-state index contributed by atoms with van der Waals surface area (Å²) in [6.45, 7) is 2.92. The van der Waals surface area contributed by atoms with E-state index in [1.165, 1.54) is 24.3 Å². The third-order valence-corrected chi connectivity index (χ3v) is 7.00. The van der Waals surface area contributed by atoms with E-state index in [-0.39, 0.29) is 17.6 Å². The molecule has 0 saturated carbocycles. The number of nitrogens with one attached hydrogen (secondary N) is 6. The molecule has 184 valence electrons. The molecule has 7 N–H and O–H groups in total. The molecule has 1 aromatic rings. The van der Waals surface area contributed by atoms with Crippen LogP contribution in [0, 0.1) is 0 Å². The van der Waals surface area contributed by atoms with Gasteiger partial charge in [-0.1, -0.05) is 24.6 Å². The minimum Gasteiger partial charge on any atom is -0.478 e. The molecule has 1 amide bonds. The Kier molecular flexibility index (Phi) is 9.14. The molecular weight excluding hydrogens is 452 g/mol. The van der Waals surface area contributed by atoms with Crippen LogP contribution < -0.4 is 31.5 Å². The predicted octanol–water partition coefficient (Wildman–Crippen LogP) is -1.22. The van der Waals surface area contributed by atoms with Crippen LogP contribution in [0.1, 0.15) is 32.1 Å². The standard InChI is InChI=1S/C20H32N6O6S/c27-17(16-9-12-24-32-16)25-20(18(28)29,26-33(30,31)15-7-3-1-4-8-15)10-5-2-6-11-21-19-22-13-14-23-19/h1,3-4,7-8,16,19,21-24,26H,2,5-6,9-14H2,(H,25,27)(H,28,29). The number of carbonyl (C=O) groups excluding carboxylic acids is 1. The summed E-state index contributed by atoms with van der Waals surface area (Å²) in [7, 11) is -4.22. The zero-order valence-corrected chi connectivity index (χ0v) is 19.1. The number of carboxylic acid groups (broad SMARTS) is 1. The zero-order chi connectivity index (χ0) is 23.7. The summed E-state index contributed by atoms with van der Waals surface area (Å²) in [6.07, 6.45) is 1.15. The van der Waals surface area contributed by atoms with Crippen LogP contribution in [0.25, 0.3) is 0 Å². The third-order valence-electron chi connectivity index (χ3n) is 5.49. The third kappa shape index (κ3) is 7.17. The Labute approximate surface area is 193 Å². The lowest BCUT2D eigenvalue weighted by Gasteiger charge is -2.32. The van der Waals surface area contributed by atoms with E-state index in [0.717, 1.165) is 19.5 Å². The van der Waals surface area contributed by atoms with Crippen LogP contribution in [0.3, 0.4) is 0 Å². The van der Waals surface area contributed by atoms with Gasteiger partial charge in [-0.3, -0.25) is 25.6 Å². The summed E-state index contributed by atoms with van der Waals surface area (Å²) in [6, 6.07) is 7.44. The fraction of sp³-hybridized carbons (Fsp3) is 0.600. The van der Waals surface area contributed by atoms with Crippen molar-refractivity contribution in [2.24, 2.45) is 0 Å². The van der Waals surface area contributed by atoms with Gasteiger partial charge < -0.3 is 10.4 Å². The minimum atomic E-state index is -4.22. The number of hydrogen-bond donors (Lipinski definition) is 7. The largest absolute Gasteiger partial charge is 0.478 e. The zero-order valence-electron chi connectivity index (χ0n) is 18.3. The average Bonchev–Trinajstić information content (AvgIpc) is 3.50. The van der Waals surface area contributed by atoms with E-state index < -0.39 is 33.7 Å². The van der Waals surface area contributed by atoms with E-state index in [1.807, 2.05) is 0 Å². The lowest BCUT2D eigenvalue weighted by molar-refractivity contribution is -0.151. The summed E-state index contributed by atoms with van der Waals surface area (Å²) in [5.41, 5.74) is 0.359. The molecule has 3 rings (SSSR count). The molecule has 0 bridgehead atoms. The highest BCUT2D eigenvalue weighted by Gasteiger charge is 2.45. The Bertz CT molecular complexity index is 890. The molecule has 2 heterocycles. The number of carboxylic acids is 1. The number of carbonyl (C=O) groups is 2. The lowest BCUT2D eigenvalue weighted by Crippen LogP contribution is -2.66. The second-order valence-corrected chi connectivity index (χ2v) is 9.70. The van der Waals surface area contributed by atoms with Gasteiger partial charge in [-0.25, -0.2) is 18.7 Å². The number of benzene rings is 1. The highest BCUT2D eigenvalue weighted by molar-refractivity contribution is 7.89. The van der Waals surface area contributed by atoms with E-state index in [1.54, 1.807) is 6.07 Å². The van der Waals surface area contributed by atoms with Crippen LogP contribution in [0.2, 0.25) is 0 Å². The van der Waals surface area contributed by atoms with Crippen LogP contribution in [0.15, 0.2) is 35.2 Å². The number of hydroxylamine groups is 1.